The van der Waals surface area contributed by atoms with Crippen molar-refractivity contribution >= 4 is 28.3 Å². The summed E-state index contributed by atoms with van der Waals surface area (Å²) in [7, 11) is 0. The van der Waals surface area contributed by atoms with E-state index in [1.807, 2.05) is 35.7 Å². The number of nitrogens with zero attached hydrogens (tertiary/aromatic N) is 2. The molecule has 2 atom stereocenters. The van der Waals surface area contributed by atoms with Crippen LogP contribution in [0.15, 0.2) is 52.8 Å². The Balaban J connectivity index is 1.84. The van der Waals surface area contributed by atoms with Gasteiger partial charge in [0.1, 0.15) is 0 Å². The molecule has 2 aliphatic rings. The quantitative estimate of drug-likeness (QED) is 0.909. The van der Waals surface area contributed by atoms with Gasteiger partial charge in [0.05, 0.1) is 10.1 Å². The third-order valence-electron chi connectivity index (χ3n) is 4.25. The van der Waals surface area contributed by atoms with Crippen LogP contribution in [0.5, 0.6) is 0 Å². The molecule has 2 aliphatic heterocycles. The lowest BCUT2D eigenvalue weighted by Gasteiger charge is -2.36. The van der Waals surface area contributed by atoms with Crippen LogP contribution in [0, 0.1) is 0 Å². The molecule has 5 heteroatoms. The van der Waals surface area contributed by atoms with Gasteiger partial charge in [0.2, 0.25) is 0 Å². The number of fused-ring (bicyclic) bond motifs is 1. The Hall–Kier alpha value is -1.30. The van der Waals surface area contributed by atoms with Gasteiger partial charge >= 0.3 is 0 Å². The van der Waals surface area contributed by atoms with Crippen molar-refractivity contribution in [2.45, 2.75) is 23.8 Å². The minimum Gasteiger partial charge on any atom is -0.365 e. The van der Waals surface area contributed by atoms with E-state index in [-0.39, 0.29) is 5.25 Å². The lowest BCUT2D eigenvalue weighted by Crippen LogP contribution is -2.45. The molecule has 0 spiro atoms. The molecule has 1 aromatic heterocycles. The third-order valence-corrected chi connectivity index (χ3v) is 6.63. The lowest BCUT2D eigenvalue weighted by atomic mass is 9.98. The Labute approximate surface area is 138 Å². The summed E-state index contributed by atoms with van der Waals surface area (Å²) < 4.78 is 0. The van der Waals surface area contributed by atoms with Crippen molar-refractivity contribution < 1.29 is 5.11 Å². The molecule has 0 saturated carbocycles. The largest absolute Gasteiger partial charge is 0.365 e. The summed E-state index contributed by atoms with van der Waals surface area (Å²) in [6.07, 6.45) is 2.17. The van der Waals surface area contributed by atoms with E-state index in [2.05, 4.69) is 17.0 Å². The summed E-state index contributed by atoms with van der Waals surface area (Å²) in [4.78, 5) is 7.84. The maximum Gasteiger partial charge on any atom is 0.192 e. The van der Waals surface area contributed by atoms with E-state index < -0.39 is 5.72 Å². The predicted octanol–water partition coefficient (Wildman–Crippen LogP) is 3.83. The first-order valence-electron chi connectivity index (χ1n) is 7.60. The van der Waals surface area contributed by atoms with E-state index in [0.717, 1.165) is 41.5 Å². The highest BCUT2D eigenvalue weighted by Crippen LogP contribution is 2.55. The molecule has 4 rings (SSSR count). The van der Waals surface area contributed by atoms with Gasteiger partial charge in [-0.1, -0.05) is 48.2 Å². The molecule has 0 amide bonds. The average Bonchev–Trinajstić information content (AvgIpc) is 3.10. The summed E-state index contributed by atoms with van der Waals surface area (Å²) in [5.41, 5.74) is 0.155. The molecule has 2 unspecified atom stereocenters. The second-order valence-electron chi connectivity index (χ2n) is 5.64. The normalized spacial score (nSPS) is 28.1. The number of thiophene rings is 1. The average molecular weight is 330 g/mol. The molecular formula is C17H18N2OS2. The topological polar surface area (TPSA) is 35.8 Å². The number of hydrogen-bond donors (Lipinski definition) is 1. The predicted molar refractivity (Wildman–Crippen MR) is 93.2 cm³/mol. The van der Waals surface area contributed by atoms with E-state index in [0.29, 0.717) is 0 Å². The molecule has 1 saturated heterocycles. The van der Waals surface area contributed by atoms with Crippen molar-refractivity contribution in [2.75, 3.05) is 13.1 Å². The molecule has 22 heavy (non-hydrogen) atoms. The Morgan fingerprint density at radius 3 is 2.77 bits per heavy atom. The monoisotopic (exact) mass is 330 g/mol. The van der Waals surface area contributed by atoms with Gasteiger partial charge in [0.25, 0.3) is 0 Å². The number of amidine groups is 1. The van der Waals surface area contributed by atoms with Crippen molar-refractivity contribution in [1.29, 1.82) is 0 Å². The molecule has 3 nitrogen and oxygen atoms in total. The van der Waals surface area contributed by atoms with Crippen molar-refractivity contribution in [3.8, 4) is 0 Å². The van der Waals surface area contributed by atoms with E-state index in [1.165, 1.54) is 0 Å². The molecular weight excluding hydrogens is 312 g/mol. The molecule has 1 N–H and O–H groups in total. The van der Waals surface area contributed by atoms with Crippen molar-refractivity contribution in [3.63, 3.8) is 0 Å². The molecule has 0 bridgehead atoms. The van der Waals surface area contributed by atoms with Crippen LogP contribution < -0.4 is 0 Å². The zero-order chi connectivity index (χ0) is 15.0. The van der Waals surface area contributed by atoms with Gasteiger partial charge in [-0.25, -0.2) is 0 Å². The van der Waals surface area contributed by atoms with Crippen LogP contribution in [-0.4, -0.2) is 28.3 Å². The van der Waals surface area contributed by atoms with E-state index >= 15 is 0 Å². The summed E-state index contributed by atoms with van der Waals surface area (Å²) >= 11 is 3.32. The molecule has 3 heterocycles. The fraction of sp³-hybridized carbons (Fsp3) is 0.353. The van der Waals surface area contributed by atoms with Crippen LogP contribution in [0.2, 0.25) is 0 Å². The number of thioether (sulfide) groups is 1. The summed E-state index contributed by atoms with van der Waals surface area (Å²) in [5.74, 6) is 0. The van der Waals surface area contributed by atoms with E-state index in [1.54, 1.807) is 23.1 Å². The second-order valence-corrected chi connectivity index (χ2v) is 7.66. The fourth-order valence-corrected chi connectivity index (χ4v) is 5.55. The maximum atomic E-state index is 11.7. The molecule has 114 valence electrons. The Bertz CT molecular complexity index is 671. The summed E-state index contributed by atoms with van der Waals surface area (Å²) in [6.45, 7) is 1.73. The smallest absolute Gasteiger partial charge is 0.192 e. The summed E-state index contributed by atoms with van der Waals surface area (Å²) in [5, 5.41) is 14.7. The zero-order valence-electron chi connectivity index (χ0n) is 12.2. The molecule has 1 aromatic carbocycles. The number of aliphatic hydroxyl groups is 1. The van der Waals surface area contributed by atoms with Gasteiger partial charge < -0.3 is 10.0 Å². The highest BCUT2D eigenvalue weighted by atomic mass is 32.2. The molecule has 2 aromatic rings. The molecule has 1 fully saturated rings. The van der Waals surface area contributed by atoms with Crippen LogP contribution in [0.1, 0.15) is 28.5 Å². The number of rotatable bonds is 2. The highest BCUT2D eigenvalue weighted by Gasteiger charge is 2.53. The molecule has 0 aliphatic carbocycles. The highest BCUT2D eigenvalue weighted by molar-refractivity contribution is 8.14. The van der Waals surface area contributed by atoms with Crippen LogP contribution >= 0.6 is 23.1 Å². The fourth-order valence-electron chi connectivity index (χ4n) is 3.16. The zero-order valence-corrected chi connectivity index (χ0v) is 13.8. The lowest BCUT2D eigenvalue weighted by molar-refractivity contribution is -0.0680. The Morgan fingerprint density at radius 2 is 2.00 bits per heavy atom. The number of aliphatic imine (C=N–C) groups is 1. The number of hydrogen-bond acceptors (Lipinski definition) is 5. The van der Waals surface area contributed by atoms with Crippen LogP contribution in [0.4, 0.5) is 0 Å². The Morgan fingerprint density at radius 1 is 1.14 bits per heavy atom. The van der Waals surface area contributed by atoms with Crippen molar-refractivity contribution in [3.05, 3.63) is 58.3 Å². The van der Waals surface area contributed by atoms with E-state index in [4.69, 9.17) is 4.99 Å². The van der Waals surface area contributed by atoms with Gasteiger partial charge in [0, 0.05) is 13.1 Å². The SMILES string of the molecule is OC1(c2cccs2)C(c2ccccc2)SC2=NCCCCN21. The van der Waals surface area contributed by atoms with Crippen molar-refractivity contribution in [1.82, 2.24) is 4.90 Å². The van der Waals surface area contributed by atoms with Crippen molar-refractivity contribution in [2.24, 2.45) is 4.99 Å². The third kappa shape index (κ3) is 2.19. The van der Waals surface area contributed by atoms with Gasteiger partial charge in [-0.3, -0.25) is 4.99 Å². The first-order chi connectivity index (χ1) is 10.8. The minimum absolute atomic E-state index is 0.0378. The standard InChI is InChI=1S/C17H18N2OS2/c20-17(14-9-6-12-21-14)15(13-7-2-1-3-8-13)22-16-18-10-4-5-11-19(16)17/h1-3,6-9,12,15,20H,4-5,10-11H2. The van der Waals surface area contributed by atoms with Crippen LogP contribution in [0.25, 0.3) is 0 Å². The minimum atomic E-state index is -0.997. The molecule has 0 radical (unpaired) electrons. The Kier molecular flexibility index (Phi) is 3.72. The van der Waals surface area contributed by atoms with E-state index in [9.17, 15) is 5.11 Å². The number of benzene rings is 1. The van der Waals surface area contributed by atoms with Gasteiger partial charge in [-0.15, -0.1) is 11.3 Å². The van der Waals surface area contributed by atoms with Gasteiger partial charge in [-0.2, -0.15) is 0 Å². The van der Waals surface area contributed by atoms with Gasteiger partial charge in [0.15, 0.2) is 10.9 Å². The maximum absolute atomic E-state index is 11.7. The first kappa shape index (κ1) is 14.3. The van der Waals surface area contributed by atoms with Crippen LogP contribution in [-0.2, 0) is 5.72 Å². The van der Waals surface area contributed by atoms with Gasteiger partial charge in [-0.05, 0) is 29.9 Å². The van der Waals surface area contributed by atoms with Crippen LogP contribution in [0.3, 0.4) is 0 Å². The first-order valence-corrected chi connectivity index (χ1v) is 9.36. The second kappa shape index (κ2) is 5.72. The summed E-state index contributed by atoms with van der Waals surface area (Å²) in [6, 6.07) is 14.3.